The van der Waals surface area contributed by atoms with Gasteiger partial charge in [0.1, 0.15) is 11.6 Å². The summed E-state index contributed by atoms with van der Waals surface area (Å²) < 4.78 is 0. The molecule has 2 rings (SSSR count). The average molecular weight is 221 g/mol. The maximum Gasteiger partial charge on any atom is 0.145 e. The first-order valence-corrected chi connectivity index (χ1v) is 5.61. The number of benzene rings is 1. The molecule has 0 radical (unpaired) electrons. The molecule has 5 heteroatoms. The predicted molar refractivity (Wildman–Crippen MR) is 61.9 cm³/mol. The zero-order valence-corrected chi connectivity index (χ0v) is 9.01. The number of hydrogen-bond donors (Lipinski definition) is 3. The SMILES string of the molecule is CSc1ccc(-c2cc(N)n[nH]2)c(O)c1. The second kappa shape index (κ2) is 3.86. The van der Waals surface area contributed by atoms with E-state index < -0.39 is 0 Å². The maximum absolute atomic E-state index is 9.78. The summed E-state index contributed by atoms with van der Waals surface area (Å²) >= 11 is 1.58. The molecule has 0 saturated heterocycles. The number of rotatable bonds is 2. The molecule has 1 aromatic heterocycles. The Morgan fingerprint density at radius 3 is 2.73 bits per heavy atom. The Kier molecular flexibility index (Phi) is 2.55. The summed E-state index contributed by atoms with van der Waals surface area (Å²) in [6, 6.07) is 7.19. The second-order valence-electron chi connectivity index (χ2n) is 3.09. The lowest BCUT2D eigenvalue weighted by molar-refractivity contribution is 0.475. The third-order valence-electron chi connectivity index (χ3n) is 2.09. The van der Waals surface area contributed by atoms with Crippen molar-refractivity contribution in [2.75, 3.05) is 12.0 Å². The molecule has 0 atom stereocenters. The van der Waals surface area contributed by atoms with Crippen LogP contribution in [0.25, 0.3) is 11.3 Å². The van der Waals surface area contributed by atoms with E-state index in [0.717, 1.165) is 10.6 Å². The monoisotopic (exact) mass is 221 g/mol. The number of phenolic OH excluding ortho intramolecular Hbond substituents is 1. The highest BCUT2D eigenvalue weighted by Gasteiger charge is 2.07. The van der Waals surface area contributed by atoms with Gasteiger partial charge in [-0.2, -0.15) is 5.10 Å². The molecule has 0 amide bonds. The third kappa shape index (κ3) is 1.92. The zero-order chi connectivity index (χ0) is 10.8. The highest BCUT2D eigenvalue weighted by molar-refractivity contribution is 7.98. The van der Waals surface area contributed by atoms with Crippen molar-refractivity contribution >= 4 is 17.6 Å². The van der Waals surface area contributed by atoms with Crippen LogP contribution in [0.15, 0.2) is 29.2 Å². The number of H-pyrrole nitrogens is 1. The van der Waals surface area contributed by atoms with Gasteiger partial charge in [-0.25, -0.2) is 0 Å². The summed E-state index contributed by atoms with van der Waals surface area (Å²) in [6.07, 6.45) is 1.96. The molecule has 78 valence electrons. The van der Waals surface area contributed by atoms with Gasteiger partial charge in [0.25, 0.3) is 0 Å². The highest BCUT2D eigenvalue weighted by Crippen LogP contribution is 2.31. The largest absolute Gasteiger partial charge is 0.507 e. The molecule has 2 aromatic rings. The van der Waals surface area contributed by atoms with Crippen molar-refractivity contribution in [2.45, 2.75) is 4.90 Å². The molecule has 0 aliphatic heterocycles. The minimum atomic E-state index is 0.227. The number of anilines is 1. The van der Waals surface area contributed by atoms with E-state index >= 15 is 0 Å². The molecule has 0 spiro atoms. The van der Waals surface area contributed by atoms with Gasteiger partial charge in [0, 0.05) is 16.5 Å². The Morgan fingerprint density at radius 2 is 2.20 bits per heavy atom. The fourth-order valence-corrected chi connectivity index (χ4v) is 1.77. The molecule has 0 aliphatic rings. The first-order chi connectivity index (χ1) is 7.20. The van der Waals surface area contributed by atoms with Crippen molar-refractivity contribution in [3.05, 3.63) is 24.3 Å². The maximum atomic E-state index is 9.78. The number of aromatic amines is 1. The van der Waals surface area contributed by atoms with Gasteiger partial charge >= 0.3 is 0 Å². The number of hydrogen-bond acceptors (Lipinski definition) is 4. The molecule has 0 fully saturated rings. The van der Waals surface area contributed by atoms with E-state index in [0.29, 0.717) is 11.4 Å². The Hall–Kier alpha value is -1.62. The van der Waals surface area contributed by atoms with E-state index in [-0.39, 0.29) is 5.75 Å². The molecule has 0 unspecified atom stereocenters. The van der Waals surface area contributed by atoms with E-state index in [4.69, 9.17) is 5.73 Å². The molecule has 0 aliphatic carbocycles. The van der Waals surface area contributed by atoms with Crippen LogP contribution in [0.3, 0.4) is 0 Å². The van der Waals surface area contributed by atoms with Crippen molar-refractivity contribution in [3.63, 3.8) is 0 Å². The molecular weight excluding hydrogens is 210 g/mol. The number of aromatic nitrogens is 2. The van der Waals surface area contributed by atoms with Crippen LogP contribution in [-0.2, 0) is 0 Å². The van der Waals surface area contributed by atoms with Crippen molar-refractivity contribution < 1.29 is 5.11 Å². The Balaban J connectivity index is 2.45. The smallest absolute Gasteiger partial charge is 0.145 e. The lowest BCUT2D eigenvalue weighted by atomic mass is 10.1. The van der Waals surface area contributed by atoms with Gasteiger partial charge in [0.2, 0.25) is 0 Å². The van der Waals surface area contributed by atoms with Gasteiger partial charge in [-0.15, -0.1) is 11.8 Å². The number of nitrogens with two attached hydrogens (primary N) is 1. The number of phenols is 1. The topological polar surface area (TPSA) is 74.9 Å². The fourth-order valence-electron chi connectivity index (χ4n) is 1.34. The molecule has 1 aromatic carbocycles. The van der Waals surface area contributed by atoms with Crippen molar-refractivity contribution in [2.24, 2.45) is 0 Å². The lowest BCUT2D eigenvalue weighted by Crippen LogP contribution is -1.81. The van der Waals surface area contributed by atoms with E-state index in [1.54, 1.807) is 23.9 Å². The number of thioether (sulfide) groups is 1. The number of aromatic hydroxyl groups is 1. The standard InChI is InChI=1S/C10H11N3OS/c1-15-6-2-3-7(9(14)4-6)8-5-10(11)13-12-8/h2-5,14H,1H3,(H3,11,12,13). The second-order valence-corrected chi connectivity index (χ2v) is 3.97. The highest BCUT2D eigenvalue weighted by atomic mass is 32.2. The van der Waals surface area contributed by atoms with Crippen LogP contribution in [0, 0.1) is 0 Å². The van der Waals surface area contributed by atoms with Crippen molar-refractivity contribution in [3.8, 4) is 17.0 Å². The minimum Gasteiger partial charge on any atom is -0.507 e. The summed E-state index contributed by atoms with van der Waals surface area (Å²) in [5.41, 5.74) is 6.92. The van der Waals surface area contributed by atoms with Crippen LogP contribution in [-0.4, -0.2) is 21.6 Å². The number of nitrogens with zero attached hydrogens (tertiary/aromatic N) is 1. The zero-order valence-electron chi connectivity index (χ0n) is 8.19. The van der Waals surface area contributed by atoms with Crippen LogP contribution in [0.5, 0.6) is 5.75 Å². The van der Waals surface area contributed by atoms with E-state index in [1.807, 2.05) is 18.4 Å². The quantitative estimate of drug-likeness (QED) is 0.679. The van der Waals surface area contributed by atoms with Gasteiger partial charge < -0.3 is 10.8 Å². The van der Waals surface area contributed by atoms with Gasteiger partial charge in [-0.05, 0) is 24.5 Å². The Bertz CT molecular complexity index is 481. The van der Waals surface area contributed by atoms with Crippen molar-refractivity contribution in [1.29, 1.82) is 0 Å². The fraction of sp³-hybridized carbons (Fsp3) is 0.100. The summed E-state index contributed by atoms with van der Waals surface area (Å²) in [7, 11) is 0. The van der Waals surface area contributed by atoms with Gasteiger partial charge in [0.15, 0.2) is 0 Å². The number of nitrogens with one attached hydrogen (secondary N) is 1. The van der Waals surface area contributed by atoms with Crippen LogP contribution in [0.4, 0.5) is 5.82 Å². The molecule has 0 bridgehead atoms. The molecular formula is C10H11N3OS. The average Bonchev–Trinajstić information content (AvgIpc) is 2.64. The first-order valence-electron chi connectivity index (χ1n) is 4.39. The van der Waals surface area contributed by atoms with Crippen LogP contribution in [0.1, 0.15) is 0 Å². The molecule has 15 heavy (non-hydrogen) atoms. The van der Waals surface area contributed by atoms with Gasteiger partial charge in [0.05, 0.1) is 5.69 Å². The number of nitrogen functional groups attached to an aromatic ring is 1. The Labute approximate surface area is 91.5 Å². The van der Waals surface area contributed by atoms with Crippen LogP contribution >= 0.6 is 11.8 Å². The summed E-state index contributed by atoms with van der Waals surface area (Å²) in [6.45, 7) is 0. The third-order valence-corrected chi connectivity index (χ3v) is 2.82. The van der Waals surface area contributed by atoms with Crippen LogP contribution < -0.4 is 5.73 Å². The van der Waals surface area contributed by atoms with Gasteiger partial charge in [-0.1, -0.05) is 0 Å². The van der Waals surface area contributed by atoms with E-state index in [2.05, 4.69) is 10.2 Å². The molecule has 4 N–H and O–H groups in total. The normalized spacial score (nSPS) is 10.5. The van der Waals surface area contributed by atoms with Gasteiger partial charge in [-0.3, -0.25) is 5.10 Å². The summed E-state index contributed by atoms with van der Waals surface area (Å²) in [5.74, 6) is 0.642. The molecule has 4 nitrogen and oxygen atoms in total. The lowest BCUT2D eigenvalue weighted by Gasteiger charge is -2.03. The molecule has 1 heterocycles. The van der Waals surface area contributed by atoms with Crippen molar-refractivity contribution in [1.82, 2.24) is 10.2 Å². The van der Waals surface area contributed by atoms with E-state index in [1.165, 1.54) is 0 Å². The minimum absolute atomic E-state index is 0.227. The predicted octanol–water partition coefficient (Wildman–Crippen LogP) is 2.09. The first kappa shape index (κ1) is 9.92. The summed E-state index contributed by atoms with van der Waals surface area (Å²) in [4.78, 5) is 1.02. The Morgan fingerprint density at radius 1 is 1.40 bits per heavy atom. The summed E-state index contributed by atoms with van der Waals surface area (Å²) in [5, 5.41) is 16.4. The molecule has 0 saturated carbocycles. The van der Waals surface area contributed by atoms with E-state index in [9.17, 15) is 5.11 Å². The van der Waals surface area contributed by atoms with Crippen LogP contribution in [0.2, 0.25) is 0 Å².